The molecule has 0 aromatic heterocycles. The van der Waals surface area contributed by atoms with Crippen molar-refractivity contribution in [2.45, 2.75) is 6.42 Å². The second kappa shape index (κ2) is 6.02. The van der Waals surface area contributed by atoms with Gasteiger partial charge < -0.3 is 9.84 Å². The van der Waals surface area contributed by atoms with E-state index in [-0.39, 0.29) is 23.5 Å². The van der Waals surface area contributed by atoms with Crippen molar-refractivity contribution in [2.24, 2.45) is 0 Å². The molecular weight excluding hydrogens is 256 g/mol. The highest BCUT2D eigenvalue weighted by atomic mass is 16.5. The largest absolute Gasteiger partial charge is 0.507 e. The molecule has 2 aromatic rings. The molecule has 4 heteroatoms. The maximum Gasteiger partial charge on any atom is 0.174 e. The van der Waals surface area contributed by atoms with Gasteiger partial charge in [0, 0.05) is 0 Å². The monoisotopic (exact) mass is 270 g/mol. The molecule has 1 N–H and O–H groups in total. The second-order valence-electron chi connectivity index (χ2n) is 4.24. The van der Waals surface area contributed by atoms with Crippen molar-refractivity contribution in [1.82, 2.24) is 0 Å². The molecule has 2 aromatic carbocycles. The molecule has 0 aliphatic heterocycles. The van der Waals surface area contributed by atoms with Gasteiger partial charge in [-0.25, -0.2) is 0 Å². The van der Waals surface area contributed by atoms with Gasteiger partial charge in [-0.05, 0) is 24.3 Å². The Morgan fingerprint density at radius 3 is 2.15 bits per heavy atom. The number of rotatable bonds is 5. The van der Waals surface area contributed by atoms with Crippen molar-refractivity contribution >= 4 is 11.6 Å². The van der Waals surface area contributed by atoms with E-state index in [2.05, 4.69) is 0 Å². The summed E-state index contributed by atoms with van der Waals surface area (Å²) in [6, 6.07) is 12.9. The maximum absolute atomic E-state index is 12.1. The lowest BCUT2D eigenvalue weighted by Gasteiger charge is -2.07. The molecule has 0 aliphatic carbocycles. The predicted molar refractivity (Wildman–Crippen MR) is 74.4 cm³/mol. The molecule has 0 bridgehead atoms. The van der Waals surface area contributed by atoms with Crippen molar-refractivity contribution in [1.29, 1.82) is 0 Å². The first-order valence-corrected chi connectivity index (χ1v) is 6.11. The van der Waals surface area contributed by atoms with Gasteiger partial charge in [-0.15, -0.1) is 0 Å². The van der Waals surface area contributed by atoms with Crippen LogP contribution in [0.15, 0.2) is 48.5 Å². The molecule has 20 heavy (non-hydrogen) atoms. The number of methoxy groups -OCH3 is 1. The molecule has 0 amide bonds. The molecule has 2 rings (SSSR count). The number of aromatic hydroxyl groups is 1. The van der Waals surface area contributed by atoms with Crippen LogP contribution >= 0.6 is 0 Å². The van der Waals surface area contributed by atoms with Crippen LogP contribution in [0.2, 0.25) is 0 Å². The Bertz CT molecular complexity index is 646. The quantitative estimate of drug-likeness (QED) is 0.670. The topological polar surface area (TPSA) is 63.6 Å². The highest BCUT2D eigenvalue weighted by Crippen LogP contribution is 2.22. The fourth-order valence-corrected chi connectivity index (χ4v) is 1.92. The second-order valence-corrected chi connectivity index (χ2v) is 4.24. The van der Waals surface area contributed by atoms with Crippen LogP contribution in [0.1, 0.15) is 27.1 Å². The van der Waals surface area contributed by atoms with Gasteiger partial charge in [0.15, 0.2) is 11.6 Å². The van der Waals surface area contributed by atoms with E-state index in [4.69, 9.17) is 4.74 Å². The van der Waals surface area contributed by atoms with Gasteiger partial charge >= 0.3 is 0 Å². The molecule has 102 valence electrons. The van der Waals surface area contributed by atoms with Gasteiger partial charge in [0.25, 0.3) is 0 Å². The molecular formula is C16H14O4. The lowest BCUT2D eigenvalue weighted by Crippen LogP contribution is -2.10. The van der Waals surface area contributed by atoms with Gasteiger partial charge in [0.2, 0.25) is 0 Å². The summed E-state index contributed by atoms with van der Waals surface area (Å²) in [5, 5.41) is 9.61. The van der Waals surface area contributed by atoms with Gasteiger partial charge in [0.05, 0.1) is 24.7 Å². The summed E-state index contributed by atoms with van der Waals surface area (Å²) in [5.74, 6) is -0.442. The number of Topliss-reactive ketones (excluding diaryl/α,β-unsaturated/α-hetero) is 2. The van der Waals surface area contributed by atoms with Crippen LogP contribution in [0.3, 0.4) is 0 Å². The number of hydrogen-bond acceptors (Lipinski definition) is 4. The first-order valence-electron chi connectivity index (χ1n) is 6.11. The molecule has 0 atom stereocenters. The van der Waals surface area contributed by atoms with E-state index >= 15 is 0 Å². The van der Waals surface area contributed by atoms with Crippen LogP contribution in [0.25, 0.3) is 0 Å². The Hall–Kier alpha value is -2.62. The first kappa shape index (κ1) is 13.8. The standard InChI is InChI=1S/C16H14O4/c1-20-16-9-5-3-7-12(16)15(19)10-14(18)11-6-2-4-8-13(11)17/h2-9,17H,10H2,1H3. The summed E-state index contributed by atoms with van der Waals surface area (Å²) in [6.45, 7) is 0. The van der Waals surface area contributed by atoms with Crippen LogP contribution < -0.4 is 4.74 Å². The third kappa shape index (κ3) is 2.85. The number of para-hydroxylation sites is 2. The zero-order valence-electron chi connectivity index (χ0n) is 11.0. The molecule has 0 radical (unpaired) electrons. The van der Waals surface area contributed by atoms with Crippen LogP contribution in [-0.2, 0) is 0 Å². The summed E-state index contributed by atoms with van der Waals surface area (Å²) in [6.07, 6.45) is -0.308. The smallest absolute Gasteiger partial charge is 0.174 e. The Labute approximate surface area is 116 Å². The lowest BCUT2D eigenvalue weighted by atomic mass is 10.0. The summed E-state index contributed by atoms with van der Waals surface area (Å²) in [4.78, 5) is 24.2. The molecule has 0 fully saturated rings. The lowest BCUT2D eigenvalue weighted by molar-refractivity contribution is 0.0891. The van der Waals surface area contributed by atoms with Crippen LogP contribution in [0.5, 0.6) is 11.5 Å². The van der Waals surface area contributed by atoms with Crippen molar-refractivity contribution in [2.75, 3.05) is 7.11 Å². The fraction of sp³-hybridized carbons (Fsp3) is 0.125. The summed E-state index contributed by atoms with van der Waals surface area (Å²) in [5.41, 5.74) is 0.509. The number of phenolic OH excluding ortho intramolecular Hbond substituents is 1. The molecule has 0 aliphatic rings. The number of benzene rings is 2. The SMILES string of the molecule is COc1ccccc1C(=O)CC(=O)c1ccccc1O. The zero-order valence-corrected chi connectivity index (χ0v) is 11.0. The molecule has 0 saturated carbocycles. The number of ketones is 2. The highest BCUT2D eigenvalue weighted by molar-refractivity contribution is 6.15. The van der Waals surface area contributed by atoms with Crippen molar-refractivity contribution in [3.8, 4) is 11.5 Å². The third-order valence-corrected chi connectivity index (χ3v) is 2.93. The maximum atomic E-state index is 12.1. The third-order valence-electron chi connectivity index (χ3n) is 2.93. The Morgan fingerprint density at radius 2 is 1.50 bits per heavy atom. The Kier molecular flexibility index (Phi) is 4.15. The van der Waals surface area contributed by atoms with Gasteiger partial charge in [0.1, 0.15) is 11.5 Å². The molecule has 0 saturated heterocycles. The van der Waals surface area contributed by atoms with E-state index in [1.807, 2.05) is 0 Å². The number of carbonyl (C=O) groups is 2. The minimum Gasteiger partial charge on any atom is -0.507 e. The van der Waals surface area contributed by atoms with Gasteiger partial charge in [-0.1, -0.05) is 24.3 Å². The first-order chi connectivity index (χ1) is 9.63. The number of carbonyl (C=O) groups excluding carboxylic acids is 2. The van der Waals surface area contributed by atoms with Crippen molar-refractivity contribution < 1.29 is 19.4 Å². The molecule has 0 heterocycles. The van der Waals surface area contributed by atoms with Crippen molar-refractivity contribution in [3.05, 3.63) is 59.7 Å². The van der Waals surface area contributed by atoms with Crippen LogP contribution in [0, 0.1) is 0 Å². The Balaban J connectivity index is 2.20. The summed E-state index contributed by atoms with van der Waals surface area (Å²) < 4.78 is 5.10. The van der Waals surface area contributed by atoms with E-state index in [0.29, 0.717) is 11.3 Å². The van der Waals surface area contributed by atoms with E-state index in [1.165, 1.54) is 19.2 Å². The zero-order chi connectivity index (χ0) is 14.5. The molecule has 0 spiro atoms. The van der Waals surface area contributed by atoms with Crippen LogP contribution in [-0.4, -0.2) is 23.8 Å². The molecule has 0 unspecified atom stereocenters. The molecule has 4 nitrogen and oxygen atoms in total. The normalized spacial score (nSPS) is 10.1. The van der Waals surface area contributed by atoms with E-state index < -0.39 is 5.78 Å². The van der Waals surface area contributed by atoms with E-state index in [0.717, 1.165) is 0 Å². The summed E-state index contributed by atoms with van der Waals surface area (Å²) in [7, 11) is 1.47. The minimum absolute atomic E-state index is 0.120. The van der Waals surface area contributed by atoms with Crippen molar-refractivity contribution in [3.63, 3.8) is 0 Å². The highest BCUT2D eigenvalue weighted by Gasteiger charge is 2.18. The van der Waals surface area contributed by atoms with Gasteiger partial charge in [-0.3, -0.25) is 9.59 Å². The fourth-order valence-electron chi connectivity index (χ4n) is 1.92. The predicted octanol–water partition coefficient (Wildman–Crippen LogP) is 2.86. The van der Waals surface area contributed by atoms with E-state index in [1.54, 1.807) is 36.4 Å². The average molecular weight is 270 g/mol. The Morgan fingerprint density at radius 1 is 0.950 bits per heavy atom. The minimum atomic E-state index is -0.418. The number of ether oxygens (including phenoxy) is 1. The van der Waals surface area contributed by atoms with Crippen LogP contribution in [0.4, 0.5) is 0 Å². The van der Waals surface area contributed by atoms with E-state index in [9.17, 15) is 14.7 Å². The number of hydrogen-bond donors (Lipinski definition) is 1. The van der Waals surface area contributed by atoms with Gasteiger partial charge in [-0.2, -0.15) is 0 Å². The average Bonchev–Trinajstić information content (AvgIpc) is 2.47. The number of phenols is 1. The summed E-state index contributed by atoms with van der Waals surface area (Å²) >= 11 is 0.